The Balaban J connectivity index is 2.26. The average molecular weight is 339 g/mol. The summed E-state index contributed by atoms with van der Waals surface area (Å²) in [5, 5.41) is 13.1. The largest absolute Gasteiger partial charge is 0.508 e. The van der Waals surface area contributed by atoms with Crippen molar-refractivity contribution in [2.45, 2.75) is 26.7 Å². The molecular weight excluding hydrogens is 314 g/mol. The number of rotatable bonds is 8. The monoisotopic (exact) mass is 339 g/mol. The fourth-order valence-electron chi connectivity index (χ4n) is 2.45. The van der Waals surface area contributed by atoms with Crippen LogP contribution in [-0.2, 0) is 6.42 Å². The van der Waals surface area contributed by atoms with Crippen LogP contribution in [0.5, 0.6) is 11.5 Å². The highest BCUT2D eigenvalue weighted by atomic mass is 16.5. The zero-order chi connectivity index (χ0) is 18.2. The van der Waals surface area contributed by atoms with E-state index >= 15 is 0 Å². The Morgan fingerprint density at radius 2 is 1.92 bits per heavy atom. The Morgan fingerprint density at radius 3 is 2.52 bits per heavy atom. The summed E-state index contributed by atoms with van der Waals surface area (Å²) in [6.45, 7) is 4.56. The van der Waals surface area contributed by atoms with Gasteiger partial charge >= 0.3 is 0 Å². The number of anilines is 1. The first-order valence-electron chi connectivity index (χ1n) is 8.58. The van der Waals surface area contributed by atoms with Crippen molar-refractivity contribution >= 4 is 17.5 Å². The van der Waals surface area contributed by atoms with Gasteiger partial charge in [0.05, 0.1) is 6.61 Å². The van der Waals surface area contributed by atoms with E-state index in [1.807, 2.05) is 39.1 Å². The molecule has 4 nitrogen and oxygen atoms in total. The second-order valence-electron chi connectivity index (χ2n) is 5.75. The van der Waals surface area contributed by atoms with Crippen molar-refractivity contribution in [2.24, 2.45) is 0 Å². The van der Waals surface area contributed by atoms with E-state index < -0.39 is 0 Å². The highest BCUT2D eigenvalue weighted by Crippen LogP contribution is 2.30. The Hall–Kier alpha value is -2.75. The molecule has 2 aromatic carbocycles. The first-order chi connectivity index (χ1) is 12.1. The van der Waals surface area contributed by atoms with E-state index in [9.17, 15) is 9.90 Å². The zero-order valence-corrected chi connectivity index (χ0v) is 15.0. The highest BCUT2D eigenvalue weighted by Gasteiger charge is 2.09. The summed E-state index contributed by atoms with van der Waals surface area (Å²) in [4.78, 5) is 12.4. The number of aryl methyl sites for hydroxylation is 1. The lowest BCUT2D eigenvalue weighted by atomic mass is 10.0. The number of nitrogens with one attached hydrogen (secondary N) is 1. The van der Waals surface area contributed by atoms with E-state index in [1.165, 1.54) is 0 Å². The Kier molecular flexibility index (Phi) is 6.63. The molecule has 0 aliphatic heterocycles. The van der Waals surface area contributed by atoms with Gasteiger partial charge in [-0.25, -0.2) is 0 Å². The van der Waals surface area contributed by atoms with Gasteiger partial charge in [-0.2, -0.15) is 0 Å². The number of ether oxygens (including phenoxy) is 1. The predicted octanol–water partition coefficient (Wildman–Crippen LogP) is 4.68. The van der Waals surface area contributed by atoms with Crippen molar-refractivity contribution in [1.82, 2.24) is 0 Å². The van der Waals surface area contributed by atoms with Crippen LogP contribution in [0.15, 0.2) is 42.5 Å². The topological polar surface area (TPSA) is 58.6 Å². The maximum Gasteiger partial charge on any atom is 0.185 e. The molecule has 0 aliphatic carbocycles. The Bertz CT molecular complexity index is 748. The number of benzene rings is 2. The number of phenols is 1. The van der Waals surface area contributed by atoms with Crippen molar-refractivity contribution < 1.29 is 14.6 Å². The number of aromatic hydroxyl groups is 1. The van der Waals surface area contributed by atoms with Crippen molar-refractivity contribution in [3.05, 3.63) is 59.2 Å². The van der Waals surface area contributed by atoms with E-state index in [1.54, 1.807) is 30.4 Å². The summed E-state index contributed by atoms with van der Waals surface area (Å²) in [6.07, 6.45) is 4.87. The van der Waals surface area contributed by atoms with Gasteiger partial charge < -0.3 is 15.2 Å². The molecule has 2 aromatic rings. The van der Waals surface area contributed by atoms with Crippen LogP contribution < -0.4 is 10.1 Å². The van der Waals surface area contributed by atoms with Gasteiger partial charge in [-0.3, -0.25) is 4.79 Å². The van der Waals surface area contributed by atoms with E-state index in [4.69, 9.17) is 4.74 Å². The number of carbonyl (C=O) groups is 1. The smallest absolute Gasteiger partial charge is 0.185 e. The first kappa shape index (κ1) is 18.6. The van der Waals surface area contributed by atoms with Gasteiger partial charge in [0.2, 0.25) is 0 Å². The maximum atomic E-state index is 12.4. The molecule has 0 bridgehead atoms. The number of hydrogen-bond donors (Lipinski definition) is 2. The molecule has 0 atom stereocenters. The predicted molar refractivity (Wildman–Crippen MR) is 103 cm³/mol. The lowest BCUT2D eigenvalue weighted by molar-refractivity contribution is 0.104. The van der Waals surface area contributed by atoms with Gasteiger partial charge in [0.15, 0.2) is 5.78 Å². The third-order valence-electron chi connectivity index (χ3n) is 3.93. The minimum absolute atomic E-state index is 0.0739. The molecule has 25 heavy (non-hydrogen) atoms. The molecule has 132 valence electrons. The normalized spacial score (nSPS) is 10.8. The molecule has 0 saturated carbocycles. The summed E-state index contributed by atoms with van der Waals surface area (Å²) < 4.78 is 5.70. The van der Waals surface area contributed by atoms with Crippen molar-refractivity contribution in [2.75, 3.05) is 19.0 Å². The molecule has 0 aliphatic rings. The molecule has 2 rings (SSSR count). The second kappa shape index (κ2) is 8.92. The summed E-state index contributed by atoms with van der Waals surface area (Å²) in [5.74, 6) is 0.737. The Labute approximate surface area is 149 Å². The highest BCUT2D eigenvalue weighted by molar-refractivity contribution is 6.07. The van der Waals surface area contributed by atoms with Gasteiger partial charge in [0.25, 0.3) is 0 Å². The summed E-state index contributed by atoms with van der Waals surface area (Å²) >= 11 is 0. The lowest BCUT2D eigenvalue weighted by Crippen LogP contribution is -1.99. The number of hydrogen-bond acceptors (Lipinski definition) is 4. The molecule has 0 spiro atoms. The zero-order valence-electron chi connectivity index (χ0n) is 15.0. The SMILES string of the molecule is CCCOc1cc(O)c(CC)cc1/C=C/C(=O)c1ccc(NC)cc1. The van der Waals surface area contributed by atoms with Gasteiger partial charge in [-0.05, 0) is 60.9 Å². The minimum Gasteiger partial charge on any atom is -0.508 e. The van der Waals surface area contributed by atoms with Crippen molar-refractivity contribution in [3.8, 4) is 11.5 Å². The third kappa shape index (κ3) is 4.86. The van der Waals surface area contributed by atoms with Gasteiger partial charge in [0.1, 0.15) is 11.5 Å². The first-order valence-corrected chi connectivity index (χ1v) is 8.58. The summed E-state index contributed by atoms with van der Waals surface area (Å²) in [5.41, 5.74) is 3.21. The van der Waals surface area contributed by atoms with Gasteiger partial charge in [-0.1, -0.05) is 13.8 Å². The average Bonchev–Trinajstić information content (AvgIpc) is 2.65. The lowest BCUT2D eigenvalue weighted by Gasteiger charge is -2.11. The van der Waals surface area contributed by atoms with Crippen LogP contribution in [0.1, 0.15) is 41.8 Å². The van der Waals surface area contributed by atoms with Crippen LogP contribution >= 0.6 is 0 Å². The van der Waals surface area contributed by atoms with Crippen molar-refractivity contribution in [3.63, 3.8) is 0 Å². The van der Waals surface area contributed by atoms with E-state index in [0.29, 0.717) is 24.3 Å². The molecular formula is C21H25NO3. The van der Waals surface area contributed by atoms with Crippen LogP contribution in [0.25, 0.3) is 6.08 Å². The number of ketones is 1. The van der Waals surface area contributed by atoms with E-state index in [-0.39, 0.29) is 11.5 Å². The quantitative estimate of drug-likeness (QED) is 0.541. The molecule has 4 heteroatoms. The third-order valence-corrected chi connectivity index (χ3v) is 3.93. The van der Waals surface area contributed by atoms with Crippen LogP contribution in [0.2, 0.25) is 0 Å². The van der Waals surface area contributed by atoms with Gasteiger partial charge in [-0.15, -0.1) is 0 Å². The standard InChI is InChI=1S/C21H25NO3/c1-4-12-25-21-14-20(24)15(5-2)13-17(21)8-11-19(23)16-6-9-18(22-3)10-7-16/h6-11,13-14,22,24H,4-5,12H2,1-3H3/b11-8+. The number of allylic oxidation sites excluding steroid dienone is 1. The molecule has 2 N–H and O–H groups in total. The summed E-state index contributed by atoms with van der Waals surface area (Å²) in [6, 6.07) is 10.8. The number of phenolic OH excluding ortho intramolecular Hbond substituents is 1. The van der Waals surface area contributed by atoms with Crippen LogP contribution in [0.4, 0.5) is 5.69 Å². The summed E-state index contributed by atoms with van der Waals surface area (Å²) in [7, 11) is 1.84. The molecule has 0 aromatic heterocycles. The van der Waals surface area contributed by atoms with Crippen LogP contribution in [-0.4, -0.2) is 24.5 Å². The second-order valence-corrected chi connectivity index (χ2v) is 5.75. The molecule has 0 amide bonds. The molecule has 0 heterocycles. The van der Waals surface area contributed by atoms with Gasteiger partial charge in [0, 0.05) is 29.9 Å². The van der Waals surface area contributed by atoms with Crippen molar-refractivity contribution in [1.29, 1.82) is 0 Å². The van der Waals surface area contributed by atoms with Crippen LogP contribution in [0.3, 0.4) is 0 Å². The number of carbonyl (C=O) groups excluding carboxylic acids is 1. The Morgan fingerprint density at radius 1 is 1.20 bits per heavy atom. The molecule has 0 radical (unpaired) electrons. The fourth-order valence-corrected chi connectivity index (χ4v) is 2.45. The fraction of sp³-hybridized carbons (Fsp3) is 0.286. The maximum absolute atomic E-state index is 12.4. The van der Waals surface area contributed by atoms with E-state index in [2.05, 4.69) is 5.32 Å². The molecule has 0 saturated heterocycles. The molecule has 0 unspecified atom stereocenters. The minimum atomic E-state index is -0.0739. The van der Waals surface area contributed by atoms with E-state index in [0.717, 1.165) is 23.2 Å². The molecule has 0 fully saturated rings. The van der Waals surface area contributed by atoms with Crippen LogP contribution in [0, 0.1) is 0 Å².